The molecular formula is C17H35N3O. The van der Waals surface area contributed by atoms with Gasteiger partial charge in [0.1, 0.15) is 0 Å². The van der Waals surface area contributed by atoms with E-state index in [1.165, 1.54) is 25.7 Å². The van der Waals surface area contributed by atoms with Crippen molar-refractivity contribution >= 4 is 5.96 Å². The third kappa shape index (κ3) is 6.68. The molecule has 1 heterocycles. The monoisotopic (exact) mass is 297 g/mol. The van der Waals surface area contributed by atoms with Crippen LogP contribution in [-0.2, 0) is 4.74 Å². The summed E-state index contributed by atoms with van der Waals surface area (Å²) in [6, 6.07) is 0. The van der Waals surface area contributed by atoms with Gasteiger partial charge in [-0.05, 0) is 44.4 Å². The third-order valence-electron chi connectivity index (χ3n) is 4.35. The molecule has 1 fully saturated rings. The second-order valence-electron chi connectivity index (χ2n) is 6.46. The fourth-order valence-corrected chi connectivity index (χ4v) is 3.31. The Hall–Kier alpha value is -0.770. The third-order valence-corrected chi connectivity index (χ3v) is 4.35. The molecule has 21 heavy (non-hydrogen) atoms. The molecule has 0 aromatic carbocycles. The van der Waals surface area contributed by atoms with Crippen LogP contribution in [0.15, 0.2) is 4.99 Å². The summed E-state index contributed by atoms with van der Waals surface area (Å²) in [5, 5.41) is 3.52. The number of hydrogen-bond acceptors (Lipinski definition) is 2. The number of piperidine rings is 1. The first-order valence-corrected chi connectivity index (χ1v) is 8.68. The van der Waals surface area contributed by atoms with Gasteiger partial charge in [0.15, 0.2) is 5.96 Å². The average Bonchev–Trinajstić information content (AvgIpc) is 2.46. The van der Waals surface area contributed by atoms with Crippen LogP contribution in [0.1, 0.15) is 59.3 Å². The number of aliphatic imine (C=N–C) groups is 1. The lowest BCUT2D eigenvalue weighted by atomic mass is 9.78. The predicted molar refractivity (Wildman–Crippen MR) is 90.9 cm³/mol. The van der Waals surface area contributed by atoms with Crippen molar-refractivity contribution in [3.05, 3.63) is 0 Å². The number of ether oxygens (including phenoxy) is 1. The van der Waals surface area contributed by atoms with Crippen LogP contribution in [0.3, 0.4) is 0 Å². The van der Waals surface area contributed by atoms with Crippen LogP contribution in [0.4, 0.5) is 0 Å². The van der Waals surface area contributed by atoms with E-state index in [1.807, 2.05) is 14.0 Å². The highest BCUT2D eigenvalue weighted by Crippen LogP contribution is 2.33. The molecule has 0 radical (unpaired) electrons. The van der Waals surface area contributed by atoms with E-state index in [9.17, 15) is 0 Å². The van der Waals surface area contributed by atoms with Crippen molar-refractivity contribution in [1.82, 2.24) is 10.2 Å². The SMILES string of the molecule is CCCC1(C)CCCN(C(=NC)NCCCCOCC)C1. The molecule has 1 saturated heterocycles. The minimum Gasteiger partial charge on any atom is -0.382 e. The highest BCUT2D eigenvalue weighted by Gasteiger charge is 2.31. The zero-order valence-corrected chi connectivity index (χ0v) is 14.6. The summed E-state index contributed by atoms with van der Waals surface area (Å²) in [4.78, 5) is 6.92. The van der Waals surface area contributed by atoms with E-state index in [0.29, 0.717) is 5.41 Å². The van der Waals surface area contributed by atoms with Crippen LogP contribution in [0.5, 0.6) is 0 Å². The summed E-state index contributed by atoms with van der Waals surface area (Å²) in [6.45, 7) is 11.7. The van der Waals surface area contributed by atoms with Crippen molar-refractivity contribution in [2.75, 3.05) is 39.9 Å². The number of rotatable bonds is 8. The molecule has 4 heteroatoms. The van der Waals surface area contributed by atoms with Gasteiger partial charge in [-0.15, -0.1) is 0 Å². The van der Waals surface area contributed by atoms with E-state index < -0.39 is 0 Å². The maximum atomic E-state index is 5.37. The van der Waals surface area contributed by atoms with Gasteiger partial charge in [-0.2, -0.15) is 0 Å². The van der Waals surface area contributed by atoms with Gasteiger partial charge in [0.2, 0.25) is 0 Å². The fraction of sp³-hybridized carbons (Fsp3) is 0.941. The highest BCUT2D eigenvalue weighted by atomic mass is 16.5. The summed E-state index contributed by atoms with van der Waals surface area (Å²) in [6.07, 6.45) is 7.47. The van der Waals surface area contributed by atoms with E-state index in [2.05, 4.69) is 29.1 Å². The fourth-order valence-electron chi connectivity index (χ4n) is 3.31. The summed E-state index contributed by atoms with van der Waals surface area (Å²) < 4.78 is 5.37. The zero-order chi connectivity index (χ0) is 15.6. The zero-order valence-electron chi connectivity index (χ0n) is 14.6. The number of guanidine groups is 1. The van der Waals surface area contributed by atoms with Gasteiger partial charge in [-0.3, -0.25) is 4.99 Å². The summed E-state index contributed by atoms with van der Waals surface area (Å²) in [7, 11) is 1.90. The Morgan fingerprint density at radius 2 is 2.14 bits per heavy atom. The standard InChI is InChI=1S/C17H35N3O/c1-5-10-17(3)11-9-13-20(15-17)16(18-4)19-12-7-8-14-21-6-2/h5-15H2,1-4H3,(H,18,19). The average molecular weight is 297 g/mol. The first kappa shape index (κ1) is 18.3. The second-order valence-corrected chi connectivity index (χ2v) is 6.46. The number of nitrogens with zero attached hydrogens (tertiary/aromatic N) is 2. The van der Waals surface area contributed by atoms with Crippen molar-refractivity contribution in [3.8, 4) is 0 Å². The largest absolute Gasteiger partial charge is 0.382 e. The normalized spacial score (nSPS) is 23.4. The van der Waals surface area contributed by atoms with E-state index >= 15 is 0 Å². The molecule has 1 aliphatic rings. The molecule has 0 amide bonds. The number of nitrogens with one attached hydrogen (secondary N) is 1. The molecular weight excluding hydrogens is 262 g/mol. The lowest BCUT2D eigenvalue weighted by Crippen LogP contribution is -2.50. The molecule has 0 aromatic rings. The van der Waals surface area contributed by atoms with Crippen LogP contribution in [-0.4, -0.2) is 50.8 Å². The Labute approximate surface area is 131 Å². The van der Waals surface area contributed by atoms with Crippen molar-refractivity contribution in [2.45, 2.75) is 59.3 Å². The summed E-state index contributed by atoms with van der Waals surface area (Å²) in [5.74, 6) is 1.08. The van der Waals surface area contributed by atoms with Crippen LogP contribution in [0.2, 0.25) is 0 Å². The Morgan fingerprint density at radius 1 is 1.33 bits per heavy atom. The number of hydrogen-bond donors (Lipinski definition) is 1. The van der Waals surface area contributed by atoms with Crippen LogP contribution >= 0.6 is 0 Å². The summed E-state index contributed by atoms with van der Waals surface area (Å²) >= 11 is 0. The Balaban J connectivity index is 2.34. The molecule has 0 spiro atoms. The topological polar surface area (TPSA) is 36.9 Å². The van der Waals surface area contributed by atoms with E-state index in [-0.39, 0.29) is 0 Å². The molecule has 0 saturated carbocycles. The molecule has 0 aromatic heterocycles. The molecule has 124 valence electrons. The summed E-state index contributed by atoms with van der Waals surface area (Å²) in [5.41, 5.74) is 0.458. The van der Waals surface area contributed by atoms with Gasteiger partial charge < -0.3 is 15.0 Å². The molecule has 0 aliphatic carbocycles. The van der Waals surface area contributed by atoms with Gasteiger partial charge in [0.25, 0.3) is 0 Å². The van der Waals surface area contributed by atoms with E-state index in [4.69, 9.17) is 4.74 Å². The molecule has 0 bridgehead atoms. The minimum absolute atomic E-state index is 0.458. The molecule has 1 rings (SSSR count). The van der Waals surface area contributed by atoms with E-state index in [0.717, 1.165) is 51.6 Å². The Kier molecular flexibility index (Phi) is 8.74. The van der Waals surface area contributed by atoms with Crippen LogP contribution < -0.4 is 5.32 Å². The van der Waals surface area contributed by atoms with Gasteiger partial charge >= 0.3 is 0 Å². The second kappa shape index (κ2) is 10.0. The molecule has 4 nitrogen and oxygen atoms in total. The first-order chi connectivity index (χ1) is 10.1. The smallest absolute Gasteiger partial charge is 0.193 e. The van der Waals surface area contributed by atoms with E-state index in [1.54, 1.807) is 0 Å². The van der Waals surface area contributed by atoms with Crippen molar-refractivity contribution in [3.63, 3.8) is 0 Å². The van der Waals surface area contributed by atoms with Crippen molar-refractivity contribution < 1.29 is 4.74 Å². The molecule has 1 unspecified atom stereocenters. The molecule has 1 N–H and O–H groups in total. The highest BCUT2D eigenvalue weighted by molar-refractivity contribution is 5.80. The lowest BCUT2D eigenvalue weighted by Gasteiger charge is -2.42. The van der Waals surface area contributed by atoms with Crippen LogP contribution in [0.25, 0.3) is 0 Å². The Bertz CT molecular complexity index is 302. The number of likely N-dealkylation sites (tertiary alicyclic amines) is 1. The van der Waals surface area contributed by atoms with Gasteiger partial charge in [-0.25, -0.2) is 0 Å². The van der Waals surface area contributed by atoms with Crippen molar-refractivity contribution in [2.24, 2.45) is 10.4 Å². The molecule has 1 atom stereocenters. The van der Waals surface area contributed by atoms with Gasteiger partial charge in [-0.1, -0.05) is 20.3 Å². The first-order valence-electron chi connectivity index (χ1n) is 8.68. The lowest BCUT2D eigenvalue weighted by molar-refractivity contribution is 0.140. The van der Waals surface area contributed by atoms with Crippen LogP contribution in [0, 0.1) is 5.41 Å². The molecule has 1 aliphatic heterocycles. The minimum atomic E-state index is 0.458. The Morgan fingerprint density at radius 3 is 2.81 bits per heavy atom. The maximum Gasteiger partial charge on any atom is 0.193 e. The maximum absolute atomic E-state index is 5.37. The number of unbranched alkanes of at least 4 members (excludes halogenated alkanes) is 1. The predicted octanol–water partition coefficient (Wildman–Crippen LogP) is 3.28. The van der Waals surface area contributed by atoms with Gasteiger partial charge in [0, 0.05) is 39.9 Å². The quantitative estimate of drug-likeness (QED) is 0.424. The van der Waals surface area contributed by atoms with Crippen molar-refractivity contribution in [1.29, 1.82) is 0 Å². The van der Waals surface area contributed by atoms with Gasteiger partial charge in [0.05, 0.1) is 0 Å².